The fourth-order valence-corrected chi connectivity index (χ4v) is 1.46. The van der Waals surface area contributed by atoms with Crippen molar-refractivity contribution in [1.29, 1.82) is 0 Å². The molecule has 0 aliphatic rings. The number of unbranched alkanes of at least 4 members (excludes halogenated alkanes) is 1. The molecule has 15 heavy (non-hydrogen) atoms. The highest BCUT2D eigenvalue weighted by atomic mass is 19.1. The lowest BCUT2D eigenvalue weighted by atomic mass is 10.2. The molecule has 0 bridgehead atoms. The van der Waals surface area contributed by atoms with E-state index in [1.165, 1.54) is 0 Å². The zero-order valence-electron chi connectivity index (χ0n) is 9.46. The SMILES string of the molecule is CCCCN(C)c1ccc(CN)c(F)c1. The predicted molar refractivity (Wildman–Crippen MR) is 62.5 cm³/mol. The van der Waals surface area contributed by atoms with E-state index in [1.807, 2.05) is 13.1 Å². The molecule has 0 aliphatic carbocycles. The predicted octanol–water partition coefficient (Wildman–Crippen LogP) is 2.52. The van der Waals surface area contributed by atoms with Gasteiger partial charge in [-0.15, -0.1) is 0 Å². The third kappa shape index (κ3) is 3.20. The third-order valence-corrected chi connectivity index (χ3v) is 2.54. The van der Waals surface area contributed by atoms with E-state index in [0.29, 0.717) is 5.56 Å². The van der Waals surface area contributed by atoms with Gasteiger partial charge in [0.1, 0.15) is 5.82 Å². The van der Waals surface area contributed by atoms with Gasteiger partial charge < -0.3 is 10.6 Å². The van der Waals surface area contributed by atoms with Crippen molar-refractivity contribution in [1.82, 2.24) is 0 Å². The lowest BCUT2D eigenvalue weighted by Gasteiger charge is -2.19. The first-order valence-electron chi connectivity index (χ1n) is 5.38. The summed E-state index contributed by atoms with van der Waals surface area (Å²) >= 11 is 0. The minimum atomic E-state index is -0.210. The third-order valence-electron chi connectivity index (χ3n) is 2.54. The molecule has 0 atom stereocenters. The second-order valence-electron chi connectivity index (χ2n) is 3.75. The van der Waals surface area contributed by atoms with E-state index < -0.39 is 0 Å². The summed E-state index contributed by atoms with van der Waals surface area (Å²) in [4.78, 5) is 2.06. The number of hydrogen-bond donors (Lipinski definition) is 1. The first-order valence-corrected chi connectivity index (χ1v) is 5.38. The quantitative estimate of drug-likeness (QED) is 0.809. The summed E-state index contributed by atoms with van der Waals surface area (Å²) in [6.07, 6.45) is 2.27. The Balaban J connectivity index is 2.73. The highest BCUT2D eigenvalue weighted by molar-refractivity contribution is 5.47. The van der Waals surface area contributed by atoms with Gasteiger partial charge >= 0.3 is 0 Å². The van der Waals surface area contributed by atoms with Crippen LogP contribution >= 0.6 is 0 Å². The Morgan fingerprint density at radius 2 is 2.13 bits per heavy atom. The standard InChI is InChI=1S/C12H19FN2/c1-3-4-7-15(2)11-6-5-10(9-14)12(13)8-11/h5-6,8H,3-4,7,9,14H2,1-2H3. The minimum Gasteiger partial charge on any atom is -0.375 e. The molecule has 1 aromatic carbocycles. The van der Waals surface area contributed by atoms with Crippen LogP contribution in [0.2, 0.25) is 0 Å². The van der Waals surface area contributed by atoms with E-state index in [4.69, 9.17) is 5.73 Å². The largest absolute Gasteiger partial charge is 0.375 e. The molecule has 0 saturated carbocycles. The van der Waals surface area contributed by atoms with Gasteiger partial charge in [-0.1, -0.05) is 19.4 Å². The summed E-state index contributed by atoms with van der Waals surface area (Å²) in [5, 5.41) is 0. The van der Waals surface area contributed by atoms with Crippen molar-refractivity contribution in [3.63, 3.8) is 0 Å². The maximum Gasteiger partial charge on any atom is 0.129 e. The van der Waals surface area contributed by atoms with Gasteiger partial charge in [0.2, 0.25) is 0 Å². The second-order valence-corrected chi connectivity index (χ2v) is 3.75. The Hall–Kier alpha value is -1.09. The van der Waals surface area contributed by atoms with Gasteiger partial charge in [-0.3, -0.25) is 0 Å². The van der Waals surface area contributed by atoms with Crippen LogP contribution in [0.15, 0.2) is 18.2 Å². The van der Waals surface area contributed by atoms with Gasteiger partial charge in [-0.2, -0.15) is 0 Å². The molecule has 2 N–H and O–H groups in total. The highest BCUT2D eigenvalue weighted by Gasteiger charge is 2.04. The number of benzene rings is 1. The van der Waals surface area contributed by atoms with Crippen LogP contribution in [0, 0.1) is 5.82 Å². The number of nitrogens with zero attached hydrogens (tertiary/aromatic N) is 1. The van der Waals surface area contributed by atoms with Crippen molar-refractivity contribution in [2.24, 2.45) is 5.73 Å². The summed E-state index contributed by atoms with van der Waals surface area (Å²) in [6, 6.07) is 5.23. The number of nitrogens with two attached hydrogens (primary N) is 1. The second kappa shape index (κ2) is 5.71. The first-order chi connectivity index (χ1) is 7.19. The van der Waals surface area contributed by atoms with Crippen LogP contribution in [0.25, 0.3) is 0 Å². The van der Waals surface area contributed by atoms with Gasteiger partial charge in [0.25, 0.3) is 0 Å². The summed E-state index contributed by atoms with van der Waals surface area (Å²) in [6.45, 7) is 3.36. The molecule has 1 aromatic rings. The van der Waals surface area contributed by atoms with Gasteiger partial charge in [0.15, 0.2) is 0 Å². The van der Waals surface area contributed by atoms with E-state index in [-0.39, 0.29) is 12.4 Å². The van der Waals surface area contributed by atoms with Gasteiger partial charge in [-0.05, 0) is 18.6 Å². The van der Waals surface area contributed by atoms with Crippen LogP contribution < -0.4 is 10.6 Å². The zero-order valence-corrected chi connectivity index (χ0v) is 9.46. The van der Waals surface area contributed by atoms with E-state index in [9.17, 15) is 4.39 Å². The summed E-state index contributed by atoms with van der Waals surface area (Å²) in [5.41, 5.74) is 6.89. The van der Waals surface area contributed by atoms with Crippen molar-refractivity contribution in [3.05, 3.63) is 29.6 Å². The number of anilines is 1. The molecular weight excluding hydrogens is 191 g/mol. The number of halogens is 1. The van der Waals surface area contributed by atoms with Crippen LogP contribution in [0.1, 0.15) is 25.3 Å². The van der Waals surface area contributed by atoms with Crippen LogP contribution in [0.5, 0.6) is 0 Å². The van der Waals surface area contributed by atoms with Crippen molar-refractivity contribution >= 4 is 5.69 Å². The summed E-state index contributed by atoms with van der Waals surface area (Å²) in [7, 11) is 1.98. The molecule has 0 unspecified atom stereocenters. The Morgan fingerprint density at radius 3 is 2.67 bits per heavy atom. The normalized spacial score (nSPS) is 10.4. The lowest BCUT2D eigenvalue weighted by Crippen LogP contribution is -2.18. The van der Waals surface area contributed by atoms with Crippen molar-refractivity contribution < 1.29 is 4.39 Å². The topological polar surface area (TPSA) is 29.3 Å². The van der Waals surface area contributed by atoms with Crippen LogP contribution in [-0.2, 0) is 6.54 Å². The number of rotatable bonds is 5. The molecule has 0 fully saturated rings. The first kappa shape index (κ1) is 12.0. The Bertz CT molecular complexity index is 312. The molecule has 0 aromatic heterocycles. The molecule has 0 spiro atoms. The minimum absolute atomic E-state index is 0.210. The van der Waals surface area contributed by atoms with Crippen molar-refractivity contribution in [3.8, 4) is 0 Å². The monoisotopic (exact) mass is 210 g/mol. The molecule has 1 rings (SSSR count). The molecule has 0 aliphatic heterocycles. The maximum absolute atomic E-state index is 13.4. The average molecular weight is 210 g/mol. The lowest BCUT2D eigenvalue weighted by molar-refractivity contribution is 0.609. The Kier molecular flexibility index (Phi) is 4.56. The van der Waals surface area contributed by atoms with E-state index in [1.54, 1.807) is 12.1 Å². The molecule has 84 valence electrons. The molecule has 2 nitrogen and oxygen atoms in total. The van der Waals surface area contributed by atoms with Gasteiger partial charge in [0.05, 0.1) is 0 Å². The van der Waals surface area contributed by atoms with E-state index >= 15 is 0 Å². The fraction of sp³-hybridized carbons (Fsp3) is 0.500. The van der Waals surface area contributed by atoms with Gasteiger partial charge in [-0.25, -0.2) is 4.39 Å². The summed E-state index contributed by atoms with van der Waals surface area (Å²) < 4.78 is 13.4. The molecular formula is C12H19FN2. The molecule has 0 amide bonds. The molecule has 0 saturated heterocycles. The molecule has 3 heteroatoms. The smallest absolute Gasteiger partial charge is 0.129 e. The maximum atomic E-state index is 13.4. The van der Waals surface area contributed by atoms with E-state index in [0.717, 1.165) is 25.1 Å². The number of hydrogen-bond acceptors (Lipinski definition) is 2. The molecule has 0 radical (unpaired) electrons. The average Bonchev–Trinajstić information content (AvgIpc) is 2.25. The van der Waals surface area contributed by atoms with Crippen LogP contribution in [0.3, 0.4) is 0 Å². The zero-order chi connectivity index (χ0) is 11.3. The molecule has 0 heterocycles. The van der Waals surface area contributed by atoms with E-state index in [2.05, 4.69) is 11.8 Å². The Morgan fingerprint density at radius 1 is 1.40 bits per heavy atom. The highest BCUT2D eigenvalue weighted by Crippen LogP contribution is 2.17. The van der Waals surface area contributed by atoms with Crippen molar-refractivity contribution in [2.45, 2.75) is 26.3 Å². The van der Waals surface area contributed by atoms with Crippen molar-refractivity contribution in [2.75, 3.05) is 18.5 Å². The summed E-state index contributed by atoms with van der Waals surface area (Å²) in [5.74, 6) is -0.210. The van der Waals surface area contributed by atoms with Crippen LogP contribution in [-0.4, -0.2) is 13.6 Å². The van der Waals surface area contributed by atoms with Crippen LogP contribution in [0.4, 0.5) is 10.1 Å². The fourth-order valence-electron chi connectivity index (χ4n) is 1.46. The Labute approximate surface area is 90.9 Å². The van der Waals surface area contributed by atoms with Gasteiger partial charge in [0, 0.05) is 31.4 Å².